The lowest BCUT2D eigenvalue weighted by Gasteiger charge is -2.21. The van der Waals surface area contributed by atoms with Gasteiger partial charge in [0, 0.05) is 11.5 Å². The van der Waals surface area contributed by atoms with Gasteiger partial charge in [0.25, 0.3) is 0 Å². The molecular formula is C6H9BrN2. The standard InChI is InChI=1S/C6H9BrN2/c1-9-4-5(7)2-3-6(9)8/h2-3H,4,8H2,1H3. The Morgan fingerprint density at radius 3 is 2.78 bits per heavy atom. The molecule has 0 bridgehead atoms. The Kier molecular flexibility index (Phi) is 1.81. The summed E-state index contributed by atoms with van der Waals surface area (Å²) in [5.41, 5.74) is 5.56. The molecule has 1 heterocycles. The molecule has 0 atom stereocenters. The predicted octanol–water partition coefficient (Wildman–Crippen LogP) is 1.01. The molecule has 0 radical (unpaired) electrons. The number of halogens is 1. The fraction of sp³-hybridized carbons (Fsp3) is 0.333. The second-order valence-electron chi connectivity index (χ2n) is 2.06. The van der Waals surface area contributed by atoms with E-state index < -0.39 is 0 Å². The Morgan fingerprint density at radius 2 is 2.33 bits per heavy atom. The summed E-state index contributed by atoms with van der Waals surface area (Å²) in [7, 11) is 1.96. The van der Waals surface area contributed by atoms with E-state index in [0.717, 1.165) is 12.4 Å². The van der Waals surface area contributed by atoms with Crippen LogP contribution in [0.4, 0.5) is 0 Å². The Morgan fingerprint density at radius 1 is 1.67 bits per heavy atom. The molecule has 0 aromatic heterocycles. The number of rotatable bonds is 0. The molecule has 2 nitrogen and oxygen atoms in total. The van der Waals surface area contributed by atoms with Crippen molar-refractivity contribution in [2.24, 2.45) is 5.73 Å². The minimum absolute atomic E-state index is 0.818. The van der Waals surface area contributed by atoms with Crippen LogP contribution in [0.3, 0.4) is 0 Å². The molecular weight excluding hydrogens is 180 g/mol. The van der Waals surface area contributed by atoms with E-state index in [1.165, 1.54) is 4.48 Å². The maximum Gasteiger partial charge on any atom is 0.0987 e. The van der Waals surface area contributed by atoms with Crippen LogP contribution in [0.1, 0.15) is 0 Å². The molecule has 1 aliphatic rings. The first-order chi connectivity index (χ1) is 4.20. The summed E-state index contributed by atoms with van der Waals surface area (Å²) < 4.78 is 1.17. The van der Waals surface area contributed by atoms with Crippen LogP contribution in [0.5, 0.6) is 0 Å². The minimum atomic E-state index is 0.818. The highest BCUT2D eigenvalue weighted by Crippen LogP contribution is 2.13. The average Bonchev–Trinajstić information content (AvgIpc) is 1.80. The molecule has 0 saturated heterocycles. The first-order valence-corrected chi connectivity index (χ1v) is 3.52. The van der Waals surface area contributed by atoms with Crippen LogP contribution in [-0.4, -0.2) is 18.5 Å². The molecule has 9 heavy (non-hydrogen) atoms. The van der Waals surface area contributed by atoms with Gasteiger partial charge in [-0.05, 0) is 12.2 Å². The summed E-state index contributed by atoms with van der Waals surface area (Å²) in [5, 5.41) is 0. The number of likely N-dealkylation sites (N-methyl/N-ethyl adjacent to an activating group) is 1. The fourth-order valence-corrected chi connectivity index (χ4v) is 1.18. The van der Waals surface area contributed by atoms with Crippen LogP contribution in [-0.2, 0) is 0 Å². The van der Waals surface area contributed by atoms with Crippen molar-refractivity contribution in [1.29, 1.82) is 0 Å². The largest absolute Gasteiger partial charge is 0.385 e. The predicted molar refractivity (Wildman–Crippen MR) is 41.9 cm³/mol. The molecule has 0 aromatic carbocycles. The van der Waals surface area contributed by atoms with Crippen LogP contribution in [0.25, 0.3) is 0 Å². The number of nitrogens with two attached hydrogens (primary N) is 1. The van der Waals surface area contributed by atoms with Crippen molar-refractivity contribution in [1.82, 2.24) is 4.90 Å². The normalized spacial score (nSPS) is 19.1. The van der Waals surface area contributed by atoms with Gasteiger partial charge in [-0.2, -0.15) is 0 Å². The number of allylic oxidation sites excluding steroid dienone is 2. The third kappa shape index (κ3) is 1.48. The first-order valence-electron chi connectivity index (χ1n) is 2.73. The van der Waals surface area contributed by atoms with E-state index >= 15 is 0 Å². The van der Waals surface area contributed by atoms with Crippen LogP contribution >= 0.6 is 15.9 Å². The van der Waals surface area contributed by atoms with Gasteiger partial charge in [0.05, 0.1) is 12.4 Å². The summed E-state index contributed by atoms with van der Waals surface area (Å²) >= 11 is 3.38. The highest BCUT2D eigenvalue weighted by atomic mass is 79.9. The van der Waals surface area contributed by atoms with E-state index in [-0.39, 0.29) is 0 Å². The van der Waals surface area contributed by atoms with E-state index in [2.05, 4.69) is 15.9 Å². The van der Waals surface area contributed by atoms with E-state index in [1.807, 2.05) is 24.1 Å². The second-order valence-corrected chi connectivity index (χ2v) is 3.08. The van der Waals surface area contributed by atoms with Gasteiger partial charge in [0.1, 0.15) is 0 Å². The monoisotopic (exact) mass is 188 g/mol. The van der Waals surface area contributed by atoms with Gasteiger partial charge in [-0.3, -0.25) is 0 Å². The van der Waals surface area contributed by atoms with Crippen molar-refractivity contribution >= 4 is 15.9 Å². The Balaban J connectivity index is 2.74. The summed E-state index contributed by atoms with van der Waals surface area (Å²) in [6.45, 7) is 0.877. The maximum atomic E-state index is 5.56. The molecule has 3 heteroatoms. The SMILES string of the molecule is CN1CC(Br)=CC=C1N. The Hall–Kier alpha value is -0.440. The van der Waals surface area contributed by atoms with Crippen LogP contribution in [0, 0.1) is 0 Å². The molecule has 50 valence electrons. The molecule has 0 aliphatic carbocycles. The van der Waals surface area contributed by atoms with Crippen LogP contribution in [0.15, 0.2) is 22.5 Å². The van der Waals surface area contributed by atoms with E-state index in [1.54, 1.807) is 0 Å². The molecule has 0 amide bonds. The van der Waals surface area contributed by atoms with Crippen molar-refractivity contribution in [3.8, 4) is 0 Å². The lowest BCUT2D eigenvalue weighted by molar-refractivity contribution is 0.451. The molecule has 0 spiro atoms. The van der Waals surface area contributed by atoms with Crippen LogP contribution in [0.2, 0.25) is 0 Å². The van der Waals surface area contributed by atoms with Crippen molar-refractivity contribution < 1.29 is 0 Å². The molecule has 1 aliphatic heterocycles. The number of nitrogens with zero attached hydrogens (tertiary/aromatic N) is 1. The van der Waals surface area contributed by atoms with Gasteiger partial charge in [-0.15, -0.1) is 0 Å². The third-order valence-corrected chi connectivity index (χ3v) is 1.78. The Bertz CT molecular complexity index is 172. The summed E-state index contributed by atoms with van der Waals surface area (Å²) in [5.74, 6) is 0.818. The highest BCUT2D eigenvalue weighted by Gasteiger charge is 2.04. The maximum absolute atomic E-state index is 5.56. The molecule has 2 N–H and O–H groups in total. The lowest BCUT2D eigenvalue weighted by atomic mass is 10.3. The summed E-state index contributed by atoms with van der Waals surface area (Å²) in [4.78, 5) is 1.98. The topological polar surface area (TPSA) is 29.3 Å². The smallest absolute Gasteiger partial charge is 0.0987 e. The summed E-state index contributed by atoms with van der Waals surface area (Å²) in [6, 6.07) is 0. The van der Waals surface area contributed by atoms with E-state index in [4.69, 9.17) is 5.73 Å². The fourth-order valence-electron chi connectivity index (χ4n) is 0.674. The number of hydrogen-bond acceptors (Lipinski definition) is 2. The van der Waals surface area contributed by atoms with Gasteiger partial charge in [0.2, 0.25) is 0 Å². The van der Waals surface area contributed by atoms with Crippen molar-refractivity contribution in [3.05, 3.63) is 22.5 Å². The van der Waals surface area contributed by atoms with E-state index in [0.29, 0.717) is 0 Å². The molecule has 0 aromatic rings. The zero-order chi connectivity index (χ0) is 6.85. The first kappa shape index (κ1) is 6.68. The molecule has 0 unspecified atom stereocenters. The third-order valence-electron chi connectivity index (χ3n) is 1.26. The zero-order valence-electron chi connectivity index (χ0n) is 5.26. The second kappa shape index (κ2) is 2.43. The molecule has 1 rings (SSSR count). The summed E-state index contributed by atoms with van der Waals surface area (Å²) in [6.07, 6.45) is 3.85. The van der Waals surface area contributed by atoms with Crippen molar-refractivity contribution in [3.63, 3.8) is 0 Å². The van der Waals surface area contributed by atoms with Gasteiger partial charge >= 0.3 is 0 Å². The average molecular weight is 189 g/mol. The zero-order valence-corrected chi connectivity index (χ0v) is 6.85. The van der Waals surface area contributed by atoms with Gasteiger partial charge < -0.3 is 10.6 Å². The van der Waals surface area contributed by atoms with Crippen molar-refractivity contribution in [2.75, 3.05) is 13.6 Å². The quantitative estimate of drug-likeness (QED) is 0.616. The van der Waals surface area contributed by atoms with Gasteiger partial charge in [-0.25, -0.2) is 0 Å². The minimum Gasteiger partial charge on any atom is -0.385 e. The number of hydrogen-bond donors (Lipinski definition) is 1. The molecule has 0 fully saturated rings. The Labute approximate surface area is 63.1 Å². The molecule has 0 saturated carbocycles. The highest BCUT2D eigenvalue weighted by molar-refractivity contribution is 9.11. The lowest BCUT2D eigenvalue weighted by Crippen LogP contribution is -2.26. The van der Waals surface area contributed by atoms with Crippen molar-refractivity contribution in [2.45, 2.75) is 0 Å². The van der Waals surface area contributed by atoms with Crippen LogP contribution < -0.4 is 5.73 Å². The van der Waals surface area contributed by atoms with Gasteiger partial charge in [-0.1, -0.05) is 15.9 Å². The van der Waals surface area contributed by atoms with E-state index in [9.17, 15) is 0 Å². The van der Waals surface area contributed by atoms with Gasteiger partial charge in [0.15, 0.2) is 0 Å².